The third-order valence-corrected chi connectivity index (χ3v) is 4.96. The van der Waals surface area contributed by atoms with Gasteiger partial charge in [-0.3, -0.25) is 9.59 Å². The van der Waals surface area contributed by atoms with Crippen LogP contribution >= 0.6 is 0 Å². The maximum Gasteiger partial charge on any atom is 0.198 e. The Morgan fingerprint density at radius 2 is 1.55 bits per heavy atom. The fourth-order valence-corrected chi connectivity index (χ4v) is 3.51. The summed E-state index contributed by atoms with van der Waals surface area (Å²) in [6.45, 7) is 8.27. The van der Waals surface area contributed by atoms with E-state index in [1.807, 2.05) is 13.8 Å². The fraction of sp³-hybridized carbons (Fsp3) is 0.391. The second-order valence-electron chi connectivity index (χ2n) is 7.49. The van der Waals surface area contributed by atoms with Crippen molar-refractivity contribution in [3.63, 3.8) is 0 Å². The van der Waals surface area contributed by atoms with Crippen molar-refractivity contribution in [1.29, 1.82) is 0 Å². The number of ether oxygens (including phenoxy) is 1. The maximum absolute atomic E-state index is 12.9. The predicted molar refractivity (Wildman–Crippen MR) is 115 cm³/mol. The highest BCUT2D eigenvalue weighted by Crippen LogP contribution is 2.41. The first-order valence-electron chi connectivity index (χ1n) is 10.1. The summed E-state index contributed by atoms with van der Waals surface area (Å²) in [6, 6.07) is 7.87. The standard InChI is InChI=1S/C21H24N2O4.C2H6/c1-4-9-23(2,3)10-11-27-16-12-15(24)17-18(19(16)22)21(26)14-8-6-5-7-13(14)20(17)25;1-2/h5-8,12H,4,9-11H2,1-3H3,(H2-,22,24,25,26);1-2H3/p+1. The zero-order chi connectivity index (χ0) is 21.8. The number of hydrogen-bond acceptors (Lipinski definition) is 5. The lowest BCUT2D eigenvalue weighted by Gasteiger charge is -2.29. The van der Waals surface area contributed by atoms with E-state index in [0.717, 1.165) is 24.0 Å². The molecular weight excluding hydrogens is 368 g/mol. The molecule has 2 aromatic carbocycles. The van der Waals surface area contributed by atoms with Crippen molar-refractivity contribution in [2.24, 2.45) is 0 Å². The van der Waals surface area contributed by atoms with Crippen molar-refractivity contribution in [2.45, 2.75) is 27.2 Å². The van der Waals surface area contributed by atoms with Gasteiger partial charge in [-0.1, -0.05) is 45.0 Å². The second kappa shape index (κ2) is 9.09. The molecule has 0 saturated carbocycles. The van der Waals surface area contributed by atoms with E-state index in [0.29, 0.717) is 12.2 Å². The third-order valence-electron chi connectivity index (χ3n) is 4.96. The van der Waals surface area contributed by atoms with E-state index in [-0.39, 0.29) is 39.7 Å². The molecule has 3 N–H and O–H groups in total. The smallest absolute Gasteiger partial charge is 0.198 e. The van der Waals surface area contributed by atoms with Crippen LogP contribution in [0.25, 0.3) is 0 Å². The average Bonchev–Trinajstić information content (AvgIpc) is 2.69. The Morgan fingerprint density at radius 3 is 2.10 bits per heavy atom. The zero-order valence-electron chi connectivity index (χ0n) is 17.9. The predicted octanol–water partition coefficient (Wildman–Crippen LogP) is 3.64. The molecule has 0 aliphatic heterocycles. The van der Waals surface area contributed by atoms with Crippen LogP contribution in [0.15, 0.2) is 30.3 Å². The lowest BCUT2D eigenvalue weighted by molar-refractivity contribution is -0.890. The van der Waals surface area contributed by atoms with E-state index in [1.165, 1.54) is 6.07 Å². The Kier molecular flexibility index (Phi) is 7.03. The second-order valence-corrected chi connectivity index (χ2v) is 7.49. The molecule has 1 aliphatic carbocycles. The van der Waals surface area contributed by atoms with Crippen LogP contribution in [-0.4, -0.2) is 54.9 Å². The van der Waals surface area contributed by atoms with Crippen molar-refractivity contribution < 1.29 is 23.9 Å². The largest absolute Gasteiger partial charge is 0.507 e. The highest BCUT2D eigenvalue weighted by Gasteiger charge is 2.35. The number of rotatable bonds is 6. The number of benzene rings is 2. The number of nitrogens with two attached hydrogens (primary N) is 1. The van der Waals surface area contributed by atoms with Crippen molar-refractivity contribution in [1.82, 2.24) is 0 Å². The van der Waals surface area contributed by atoms with Gasteiger partial charge in [-0.2, -0.15) is 0 Å². The van der Waals surface area contributed by atoms with Crippen LogP contribution in [0.5, 0.6) is 11.5 Å². The zero-order valence-corrected chi connectivity index (χ0v) is 17.9. The molecule has 0 unspecified atom stereocenters. The van der Waals surface area contributed by atoms with Crippen molar-refractivity contribution in [3.8, 4) is 11.5 Å². The van der Waals surface area contributed by atoms with Gasteiger partial charge in [0.2, 0.25) is 0 Å². The molecule has 6 nitrogen and oxygen atoms in total. The SMILES string of the molecule is CC.CCC[N+](C)(C)CCOc1cc(O)c2c(c1N)C(=O)c1ccccc1C2=O. The number of carbonyl (C=O) groups is 2. The molecule has 0 bridgehead atoms. The molecule has 156 valence electrons. The molecule has 0 heterocycles. The number of nitrogens with zero attached hydrogens (tertiary/aromatic N) is 1. The number of anilines is 1. The summed E-state index contributed by atoms with van der Waals surface area (Å²) in [5.41, 5.74) is 6.81. The Bertz CT molecular complexity index is 919. The van der Waals surface area contributed by atoms with E-state index >= 15 is 0 Å². The molecule has 0 saturated heterocycles. The quantitative estimate of drug-likeness (QED) is 0.375. The van der Waals surface area contributed by atoms with Crippen LogP contribution in [0.4, 0.5) is 5.69 Å². The van der Waals surface area contributed by atoms with Crippen LogP contribution in [0, 0.1) is 0 Å². The fourth-order valence-electron chi connectivity index (χ4n) is 3.51. The molecule has 3 rings (SSSR count). The Labute approximate surface area is 172 Å². The van der Waals surface area contributed by atoms with Gasteiger partial charge in [0.1, 0.15) is 24.7 Å². The van der Waals surface area contributed by atoms with E-state index in [9.17, 15) is 14.7 Å². The minimum atomic E-state index is -0.406. The number of aromatic hydroxyl groups is 1. The van der Waals surface area contributed by atoms with Gasteiger partial charge in [0.25, 0.3) is 0 Å². The number of nitrogen functional groups attached to an aromatic ring is 1. The van der Waals surface area contributed by atoms with Crippen LogP contribution in [0.2, 0.25) is 0 Å². The molecule has 6 heteroatoms. The number of ketones is 2. The van der Waals surface area contributed by atoms with Gasteiger partial charge in [0.15, 0.2) is 11.6 Å². The first-order chi connectivity index (χ1) is 13.8. The number of fused-ring (bicyclic) bond motifs is 2. The van der Waals surface area contributed by atoms with Crippen molar-refractivity contribution in [3.05, 3.63) is 52.6 Å². The molecular formula is C23H31N2O4+. The van der Waals surface area contributed by atoms with E-state index < -0.39 is 5.78 Å². The number of quaternary nitrogens is 1. The maximum atomic E-state index is 12.9. The van der Waals surface area contributed by atoms with E-state index in [4.69, 9.17) is 10.5 Å². The summed E-state index contributed by atoms with van der Waals surface area (Å²) < 4.78 is 6.56. The lowest BCUT2D eigenvalue weighted by Crippen LogP contribution is -2.43. The van der Waals surface area contributed by atoms with Gasteiger partial charge >= 0.3 is 0 Å². The minimum absolute atomic E-state index is 0.0241. The van der Waals surface area contributed by atoms with Gasteiger partial charge in [-0.05, 0) is 6.42 Å². The Hall–Kier alpha value is -2.86. The average molecular weight is 400 g/mol. The van der Waals surface area contributed by atoms with Gasteiger partial charge in [-0.15, -0.1) is 0 Å². The van der Waals surface area contributed by atoms with E-state index in [1.54, 1.807) is 24.3 Å². The number of likely N-dealkylation sites (N-methyl/N-ethyl adjacent to an activating group) is 1. The molecule has 0 radical (unpaired) electrons. The summed E-state index contributed by atoms with van der Waals surface area (Å²) in [6.07, 6.45) is 1.06. The molecule has 0 atom stereocenters. The number of hydrogen-bond donors (Lipinski definition) is 2. The normalized spacial score (nSPS) is 12.6. The molecule has 0 spiro atoms. The third kappa shape index (κ3) is 4.43. The Morgan fingerprint density at radius 1 is 1.00 bits per heavy atom. The van der Waals surface area contributed by atoms with Crippen LogP contribution < -0.4 is 10.5 Å². The molecule has 2 aromatic rings. The number of phenolic OH excluding ortho intramolecular Hbond substituents is 1. The van der Waals surface area contributed by atoms with Crippen molar-refractivity contribution in [2.75, 3.05) is 39.5 Å². The van der Waals surface area contributed by atoms with Crippen molar-refractivity contribution >= 4 is 17.3 Å². The van der Waals surface area contributed by atoms with Gasteiger partial charge in [0.05, 0.1) is 37.5 Å². The van der Waals surface area contributed by atoms with Gasteiger partial charge < -0.3 is 20.1 Å². The molecule has 0 amide bonds. The summed E-state index contributed by atoms with van der Waals surface area (Å²) in [4.78, 5) is 25.6. The monoisotopic (exact) mass is 399 g/mol. The van der Waals surface area contributed by atoms with Crippen LogP contribution in [-0.2, 0) is 0 Å². The Balaban J connectivity index is 0.00000145. The summed E-state index contributed by atoms with van der Waals surface area (Å²) in [7, 11) is 4.22. The number of phenols is 1. The summed E-state index contributed by atoms with van der Waals surface area (Å²) >= 11 is 0. The summed E-state index contributed by atoms with van der Waals surface area (Å²) in [5, 5.41) is 10.4. The number of carbonyl (C=O) groups excluding carboxylic acids is 2. The summed E-state index contributed by atoms with van der Waals surface area (Å²) in [5.74, 6) is -0.843. The topological polar surface area (TPSA) is 89.6 Å². The lowest BCUT2D eigenvalue weighted by atomic mass is 9.82. The van der Waals surface area contributed by atoms with Crippen LogP contribution in [0.1, 0.15) is 59.0 Å². The molecule has 0 fully saturated rings. The van der Waals surface area contributed by atoms with Crippen LogP contribution in [0.3, 0.4) is 0 Å². The highest BCUT2D eigenvalue weighted by molar-refractivity contribution is 6.31. The molecule has 29 heavy (non-hydrogen) atoms. The first kappa shape index (κ1) is 22.4. The molecule has 0 aromatic heterocycles. The first-order valence-corrected chi connectivity index (χ1v) is 10.1. The van der Waals surface area contributed by atoms with Gasteiger partial charge in [0, 0.05) is 17.2 Å². The van der Waals surface area contributed by atoms with Gasteiger partial charge in [-0.25, -0.2) is 0 Å². The minimum Gasteiger partial charge on any atom is -0.507 e. The highest BCUT2D eigenvalue weighted by atomic mass is 16.5. The molecule has 1 aliphatic rings. The van der Waals surface area contributed by atoms with E-state index in [2.05, 4.69) is 21.0 Å².